The molecule has 130 valence electrons. The SMILES string of the molecule is Cc1ccccc1CNC(=O)CCn1c(C(F)F)cc2cccnc21. The number of amides is 1. The molecule has 2 aromatic heterocycles. The average Bonchev–Trinajstić information content (AvgIpc) is 2.98. The van der Waals surface area contributed by atoms with Gasteiger partial charge in [0.1, 0.15) is 5.65 Å². The molecule has 0 atom stereocenters. The fraction of sp³-hybridized carbons (Fsp3) is 0.263. The number of pyridine rings is 1. The molecule has 1 aromatic carbocycles. The predicted molar refractivity (Wildman–Crippen MR) is 92.3 cm³/mol. The van der Waals surface area contributed by atoms with E-state index in [0.717, 1.165) is 11.1 Å². The first-order valence-corrected chi connectivity index (χ1v) is 8.10. The first kappa shape index (κ1) is 17.1. The van der Waals surface area contributed by atoms with Gasteiger partial charge in [-0.05, 0) is 36.2 Å². The number of benzene rings is 1. The lowest BCUT2D eigenvalue weighted by Crippen LogP contribution is -2.24. The molecule has 3 aromatic rings. The van der Waals surface area contributed by atoms with E-state index in [1.807, 2.05) is 31.2 Å². The normalized spacial score (nSPS) is 11.2. The largest absolute Gasteiger partial charge is 0.352 e. The topological polar surface area (TPSA) is 46.9 Å². The standard InChI is InChI=1S/C19H19F2N3O/c1-13-5-2-3-6-15(13)12-23-17(25)8-10-24-16(18(20)21)11-14-7-4-9-22-19(14)24/h2-7,9,11,18H,8,10,12H2,1H3,(H,23,25). The highest BCUT2D eigenvalue weighted by Crippen LogP contribution is 2.26. The van der Waals surface area contributed by atoms with Crippen LogP contribution in [0.5, 0.6) is 0 Å². The summed E-state index contributed by atoms with van der Waals surface area (Å²) in [7, 11) is 0. The number of halogens is 2. The zero-order valence-electron chi connectivity index (χ0n) is 13.9. The van der Waals surface area contributed by atoms with E-state index in [2.05, 4.69) is 10.3 Å². The van der Waals surface area contributed by atoms with E-state index < -0.39 is 6.43 Å². The Bertz CT molecular complexity index is 889. The molecule has 0 aliphatic heterocycles. The molecule has 1 amide bonds. The van der Waals surface area contributed by atoms with E-state index >= 15 is 0 Å². The van der Waals surface area contributed by atoms with Gasteiger partial charge in [-0.1, -0.05) is 24.3 Å². The monoisotopic (exact) mass is 343 g/mol. The van der Waals surface area contributed by atoms with E-state index in [9.17, 15) is 13.6 Å². The maximum absolute atomic E-state index is 13.3. The summed E-state index contributed by atoms with van der Waals surface area (Å²) in [6.45, 7) is 2.58. The van der Waals surface area contributed by atoms with Crippen molar-refractivity contribution in [3.8, 4) is 0 Å². The van der Waals surface area contributed by atoms with Crippen LogP contribution in [0.2, 0.25) is 0 Å². The van der Waals surface area contributed by atoms with Crippen LogP contribution in [-0.2, 0) is 17.9 Å². The van der Waals surface area contributed by atoms with Crippen LogP contribution in [0.15, 0.2) is 48.7 Å². The molecular weight excluding hydrogens is 324 g/mol. The third-order valence-electron chi connectivity index (χ3n) is 4.21. The summed E-state index contributed by atoms with van der Waals surface area (Å²) in [6.07, 6.45) is -0.928. The Balaban J connectivity index is 1.67. The van der Waals surface area contributed by atoms with Crippen LogP contribution in [0.4, 0.5) is 8.78 Å². The highest BCUT2D eigenvalue weighted by molar-refractivity contribution is 5.78. The van der Waals surface area contributed by atoms with Crippen LogP contribution in [0.1, 0.15) is 29.7 Å². The van der Waals surface area contributed by atoms with E-state index in [-0.39, 0.29) is 24.6 Å². The zero-order valence-corrected chi connectivity index (χ0v) is 13.9. The average molecular weight is 343 g/mol. The van der Waals surface area contributed by atoms with Gasteiger partial charge < -0.3 is 9.88 Å². The fourth-order valence-corrected chi connectivity index (χ4v) is 2.83. The summed E-state index contributed by atoms with van der Waals surface area (Å²) in [4.78, 5) is 16.3. The number of carbonyl (C=O) groups is 1. The van der Waals surface area contributed by atoms with Crippen molar-refractivity contribution in [1.82, 2.24) is 14.9 Å². The number of nitrogens with zero attached hydrogens (tertiary/aromatic N) is 2. The van der Waals surface area contributed by atoms with Crippen LogP contribution in [0, 0.1) is 6.92 Å². The van der Waals surface area contributed by atoms with Crippen LogP contribution in [-0.4, -0.2) is 15.5 Å². The maximum atomic E-state index is 13.3. The number of aromatic nitrogens is 2. The predicted octanol–water partition coefficient (Wildman–Crippen LogP) is 3.99. The highest BCUT2D eigenvalue weighted by atomic mass is 19.3. The molecule has 0 saturated heterocycles. The first-order chi connectivity index (χ1) is 12.1. The molecule has 4 nitrogen and oxygen atoms in total. The second-order valence-corrected chi connectivity index (χ2v) is 5.89. The van der Waals surface area contributed by atoms with Crippen LogP contribution in [0.25, 0.3) is 11.0 Å². The Morgan fingerprint density at radius 2 is 2.04 bits per heavy atom. The van der Waals surface area contributed by atoms with Gasteiger partial charge in [-0.3, -0.25) is 4.79 Å². The van der Waals surface area contributed by atoms with Gasteiger partial charge in [-0.25, -0.2) is 13.8 Å². The van der Waals surface area contributed by atoms with Crippen molar-refractivity contribution in [2.45, 2.75) is 32.9 Å². The molecule has 0 aliphatic carbocycles. The van der Waals surface area contributed by atoms with Crippen molar-refractivity contribution >= 4 is 16.9 Å². The van der Waals surface area contributed by atoms with Crippen molar-refractivity contribution in [3.63, 3.8) is 0 Å². The summed E-state index contributed by atoms with van der Waals surface area (Å²) >= 11 is 0. The summed E-state index contributed by atoms with van der Waals surface area (Å²) in [6, 6.07) is 12.7. The minimum atomic E-state index is -2.61. The summed E-state index contributed by atoms with van der Waals surface area (Å²) in [5.41, 5.74) is 2.51. The number of nitrogens with one attached hydrogen (secondary N) is 1. The van der Waals surface area contributed by atoms with Gasteiger partial charge in [0.25, 0.3) is 6.43 Å². The Labute approximate surface area is 144 Å². The van der Waals surface area contributed by atoms with Gasteiger partial charge in [0.15, 0.2) is 0 Å². The van der Waals surface area contributed by atoms with Crippen LogP contribution < -0.4 is 5.32 Å². The van der Waals surface area contributed by atoms with Gasteiger partial charge in [0.05, 0.1) is 5.69 Å². The van der Waals surface area contributed by atoms with Gasteiger partial charge in [-0.15, -0.1) is 0 Å². The van der Waals surface area contributed by atoms with Crippen molar-refractivity contribution in [2.75, 3.05) is 0 Å². The summed E-state index contributed by atoms with van der Waals surface area (Å²) < 4.78 is 27.9. The van der Waals surface area contributed by atoms with E-state index in [1.165, 1.54) is 10.6 Å². The minimum absolute atomic E-state index is 0.111. The molecule has 0 unspecified atom stereocenters. The number of hydrogen-bond acceptors (Lipinski definition) is 2. The highest BCUT2D eigenvalue weighted by Gasteiger charge is 2.18. The van der Waals surface area contributed by atoms with Gasteiger partial charge in [0, 0.05) is 31.1 Å². The van der Waals surface area contributed by atoms with Gasteiger partial charge in [-0.2, -0.15) is 0 Å². The lowest BCUT2D eigenvalue weighted by Gasteiger charge is -2.11. The van der Waals surface area contributed by atoms with Gasteiger partial charge in [0.2, 0.25) is 5.91 Å². The Hall–Kier alpha value is -2.76. The number of fused-ring (bicyclic) bond motifs is 1. The van der Waals surface area contributed by atoms with Crippen molar-refractivity contribution in [2.24, 2.45) is 0 Å². The second-order valence-electron chi connectivity index (χ2n) is 5.89. The molecule has 25 heavy (non-hydrogen) atoms. The number of carbonyl (C=O) groups excluding carboxylic acids is 1. The quantitative estimate of drug-likeness (QED) is 0.736. The summed E-state index contributed by atoms with van der Waals surface area (Å²) in [5.74, 6) is -0.179. The number of alkyl halides is 2. The maximum Gasteiger partial charge on any atom is 0.278 e. The molecular formula is C19H19F2N3O. The van der Waals surface area contributed by atoms with E-state index in [1.54, 1.807) is 18.3 Å². The molecule has 0 fully saturated rings. The van der Waals surface area contributed by atoms with E-state index in [0.29, 0.717) is 17.6 Å². The second kappa shape index (κ2) is 7.42. The number of aryl methyl sites for hydroxylation is 2. The summed E-state index contributed by atoms with van der Waals surface area (Å²) in [5, 5.41) is 3.49. The van der Waals surface area contributed by atoms with Gasteiger partial charge >= 0.3 is 0 Å². The fourth-order valence-electron chi connectivity index (χ4n) is 2.83. The minimum Gasteiger partial charge on any atom is -0.352 e. The Kier molecular flexibility index (Phi) is 5.07. The smallest absolute Gasteiger partial charge is 0.278 e. The number of hydrogen-bond donors (Lipinski definition) is 1. The molecule has 2 heterocycles. The van der Waals surface area contributed by atoms with Crippen molar-refractivity contribution < 1.29 is 13.6 Å². The zero-order chi connectivity index (χ0) is 17.8. The third kappa shape index (κ3) is 3.84. The molecule has 3 rings (SSSR count). The first-order valence-electron chi connectivity index (χ1n) is 8.10. The molecule has 0 spiro atoms. The molecule has 1 N–H and O–H groups in total. The molecule has 0 saturated carbocycles. The van der Waals surface area contributed by atoms with E-state index in [4.69, 9.17) is 0 Å². The Morgan fingerprint density at radius 1 is 1.24 bits per heavy atom. The van der Waals surface area contributed by atoms with Crippen molar-refractivity contribution in [3.05, 3.63) is 65.5 Å². The molecule has 0 radical (unpaired) electrons. The van der Waals surface area contributed by atoms with Crippen LogP contribution >= 0.6 is 0 Å². The number of rotatable bonds is 6. The third-order valence-corrected chi connectivity index (χ3v) is 4.21. The van der Waals surface area contributed by atoms with Crippen molar-refractivity contribution in [1.29, 1.82) is 0 Å². The Morgan fingerprint density at radius 3 is 2.80 bits per heavy atom. The molecule has 0 bridgehead atoms. The lowest BCUT2D eigenvalue weighted by atomic mass is 10.1. The molecule has 0 aliphatic rings. The van der Waals surface area contributed by atoms with Crippen LogP contribution in [0.3, 0.4) is 0 Å². The lowest BCUT2D eigenvalue weighted by molar-refractivity contribution is -0.121. The molecule has 6 heteroatoms.